The van der Waals surface area contributed by atoms with E-state index in [-0.39, 0.29) is 22.3 Å². The first-order valence-electron chi connectivity index (χ1n) is 7.20. The summed E-state index contributed by atoms with van der Waals surface area (Å²) in [7, 11) is 3.05. The molecule has 2 rings (SSSR count). The van der Waals surface area contributed by atoms with Crippen molar-refractivity contribution in [1.82, 2.24) is 5.32 Å². The van der Waals surface area contributed by atoms with Crippen molar-refractivity contribution in [1.29, 1.82) is 0 Å². The highest BCUT2D eigenvalue weighted by atomic mass is 35.5. The predicted molar refractivity (Wildman–Crippen MR) is 96.5 cm³/mol. The van der Waals surface area contributed by atoms with Crippen molar-refractivity contribution in [3.63, 3.8) is 0 Å². The number of benzene rings is 2. The Bertz CT molecular complexity index is 796. The molecule has 0 radical (unpaired) electrons. The van der Waals surface area contributed by atoms with Gasteiger partial charge in [0.25, 0.3) is 0 Å². The smallest absolute Gasteiger partial charge is 0.313 e. The van der Waals surface area contributed by atoms with E-state index in [0.717, 1.165) is 5.56 Å². The van der Waals surface area contributed by atoms with Crippen LogP contribution in [0.15, 0.2) is 36.4 Å². The highest BCUT2D eigenvalue weighted by Gasteiger charge is 2.16. The zero-order valence-corrected chi connectivity index (χ0v) is 15.1. The van der Waals surface area contributed by atoms with Gasteiger partial charge in [0.1, 0.15) is 0 Å². The number of halogens is 2. The number of anilines is 1. The predicted octanol–water partition coefficient (Wildman–Crippen LogP) is 3.27. The van der Waals surface area contributed by atoms with Crippen LogP contribution in [0.4, 0.5) is 5.69 Å². The molecular formula is C17H16Cl2N2O4. The van der Waals surface area contributed by atoms with Gasteiger partial charge >= 0.3 is 11.8 Å². The van der Waals surface area contributed by atoms with E-state index in [1.807, 2.05) is 0 Å². The standard InChI is InChI=1S/C17H16Cl2N2O4/c1-24-13-7-6-10(8-14(13)25-2)9-20-16(22)17(23)21-12-5-3-4-11(18)15(12)19/h3-8H,9H2,1-2H3,(H,20,22)(H,21,23). The van der Waals surface area contributed by atoms with Crippen LogP contribution in [-0.2, 0) is 16.1 Å². The van der Waals surface area contributed by atoms with Gasteiger partial charge in [0.15, 0.2) is 11.5 Å². The molecule has 0 unspecified atom stereocenters. The quantitative estimate of drug-likeness (QED) is 0.778. The van der Waals surface area contributed by atoms with Crippen LogP contribution in [0.1, 0.15) is 5.56 Å². The van der Waals surface area contributed by atoms with E-state index < -0.39 is 11.8 Å². The van der Waals surface area contributed by atoms with E-state index in [1.165, 1.54) is 14.2 Å². The second-order valence-electron chi connectivity index (χ2n) is 4.93. The summed E-state index contributed by atoms with van der Waals surface area (Å²) in [5, 5.41) is 5.39. The van der Waals surface area contributed by atoms with Crippen molar-refractivity contribution >= 4 is 40.7 Å². The molecule has 6 nitrogen and oxygen atoms in total. The minimum absolute atomic E-state index is 0.149. The Morgan fingerprint density at radius 3 is 2.40 bits per heavy atom. The number of nitrogens with one attached hydrogen (secondary N) is 2. The number of methoxy groups -OCH3 is 2. The summed E-state index contributed by atoms with van der Waals surface area (Å²) in [5.74, 6) is -0.536. The average molecular weight is 383 g/mol. The Balaban J connectivity index is 1.98. The lowest BCUT2D eigenvalue weighted by molar-refractivity contribution is -0.136. The summed E-state index contributed by atoms with van der Waals surface area (Å²) in [5.41, 5.74) is 1.01. The van der Waals surface area contributed by atoms with Crippen LogP contribution < -0.4 is 20.1 Å². The lowest BCUT2D eigenvalue weighted by atomic mass is 10.2. The summed E-state index contributed by atoms with van der Waals surface area (Å²) < 4.78 is 10.3. The molecule has 2 aromatic rings. The Labute approximate surface area is 155 Å². The molecular weight excluding hydrogens is 367 g/mol. The highest BCUT2D eigenvalue weighted by molar-refractivity contribution is 6.45. The maximum Gasteiger partial charge on any atom is 0.313 e. The molecule has 25 heavy (non-hydrogen) atoms. The molecule has 132 valence electrons. The molecule has 0 aliphatic carbocycles. The van der Waals surface area contributed by atoms with Gasteiger partial charge in [0.05, 0.1) is 30.0 Å². The molecule has 0 aliphatic heterocycles. The van der Waals surface area contributed by atoms with Crippen LogP contribution in [0.5, 0.6) is 11.5 Å². The van der Waals surface area contributed by atoms with E-state index in [9.17, 15) is 9.59 Å². The number of hydrogen-bond donors (Lipinski definition) is 2. The third-order valence-electron chi connectivity index (χ3n) is 3.31. The lowest BCUT2D eigenvalue weighted by Gasteiger charge is -2.11. The monoisotopic (exact) mass is 382 g/mol. The summed E-state index contributed by atoms with van der Waals surface area (Å²) in [6, 6.07) is 9.93. The van der Waals surface area contributed by atoms with Gasteiger partial charge in [-0.3, -0.25) is 9.59 Å². The highest BCUT2D eigenvalue weighted by Crippen LogP contribution is 2.29. The van der Waals surface area contributed by atoms with Crippen molar-refractivity contribution in [2.24, 2.45) is 0 Å². The molecule has 0 bridgehead atoms. The van der Waals surface area contributed by atoms with Gasteiger partial charge < -0.3 is 20.1 Å². The van der Waals surface area contributed by atoms with Crippen LogP contribution in [0.2, 0.25) is 10.0 Å². The van der Waals surface area contributed by atoms with Gasteiger partial charge in [-0.15, -0.1) is 0 Å². The maximum atomic E-state index is 12.0. The zero-order chi connectivity index (χ0) is 18.4. The Hall–Kier alpha value is -2.44. The number of carbonyl (C=O) groups excluding carboxylic acids is 2. The fraction of sp³-hybridized carbons (Fsp3) is 0.176. The van der Waals surface area contributed by atoms with Crippen molar-refractivity contribution in [2.75, 3.05) is 19.5 Å². The minimum atomic E-state index is -0.843. The molecule has 0 heterocycles. The van der Waals surface area contributed by atoms with Crippen LogP contribution in [-0.4, -0.2) is 26.0 Å². The van der Waals surface area contributed by atoms with Gasteiger partial charge in [0.2, 0.25) is 0 Å². The molecule has 0 atom stereocenters. The molecule has 8 heteroatoms. The van der Waals surface area contributed by atoms with Crippen LogP contribution in [0, 0.1) is 0 Å². The molecule has 0 aromatic heterocycles. The fourth-order valence-electron chi connectivity index (χ4n) is 2.03. The van der Waals surface area contributed by atoms with E-state index in [2.05, 4.69) is 10.6 Å². The molecule has 0 aliphatic rings. The molecule has 0 saturated heterocycles. The second-order valence-corrected chi connectivity index (χ2v) is 5.71. The van der Waals surface area contributed by atoms with Gasteiger partial charge in [-0.2, -0.15) is 0 Å². The summed E-state index contributed by atoms with van der Waals surface area (Å²) >= 11 is 11.8. The summed E-state index contributed by atoms with van der Waals surface area (Å²) in [6.07, 6.45) is 0. The Morgan fingerprint density at radius 1 is 1.00 bits per heavy atom. The van der Waals surface area contributed by atoms with E-state index >= 15 is 0 Å². The van der Waals surface area contributed by atoms with E-state index in [0.29, 0.717) is 11.5 Å². The summed E-state index contributed by atoms with van der Waals surface area (Å²) in [6.45, 7) is 0.149. The third-order valence-corrected chi connectivity index (χ3v) is 4.13. The largest absolute Gasteiger partial charge is 0.493 e. The molecule has 2 aromatic carbocycles. The lowest BCUT2D eigenvalue weighted by Crippen LogP contribution is -2.35. The molecule has 0 fully saturated rings. The minimum Gasteiger partial charge on any atom is -0.493 e. The van der Waals surface area contributed by atoms with E-state index in [4.69, 9.17) is 32.7 Å². The average Bonchev–Trinajstić information content (AvgIpc) is 2.63. The topological polar surface area (TPSA) is 76.7 Å². The van der Waals surface area contributed by atoms with Gasteiger partial charge in [-0.1, -0.05) is 35.3 Å². The normalized spacial score (nSPS) is 10.1. The van der Waals surface area contributed by atoms with Crippen molar-refractivity contribution in [3.05, 3.63) is 52.0 Å². The maximum absolute atomic E-state index is 12.0. The molecule has 0 spiro atoms. The van der Waals surface area contributed by atoms with E-state index in [1.54, 1.807) is 36.4 Å². The fourth-order valence-corrected chi connectivity index (χ4v) is 2.38. The van der Waals surface area contributed by atoms with Gasteiger partial charge in [-0.25, -0.2) is 0 Å². The van der Waals surface area contributed by atoms with Crippen LogP contribution in [0.3, 0.4) is 0 Å². The molecule has 2 N–H and O–H groups in total. The summed E-state index contributed by atoms with van der Waals surface area (Å²) in [4.78, 5) is 23.9. The number of rotatable bonds is 5. The third kappa shape index (κ3) is 4.78. The first-order valence-corrected chi connectivity index (χ1v) is 7.96. The van der Waals surface area contributed by atoms with Crippen molar-refractivity contribution < 1.29 is 19.1 Å². The SMILES string of the molecule is COc1ccc(CNC(=O)C(=O)Nc2cccc(Cl)c2Cl)cc1OC. The number of amides is 2. The zero-order valence-electron chi connectivity index (χ0n) is 13.6. The Morgan fingerprint density at radius 2 is 1.72 bits per heavy atom. The van der Waals surface area contributed by atoms with Crippen LogP contribution >= 0.6 is 23.2 Å². The second kappa shape index (κ2) is 8.60. The number of ether oxygens (including phenoxy) is 2. The molecule has 2 amide bonds. The Kier molecular flexibility index (Phi) is 6.50. The first kappa shape index (κ1) is 18.9. The van der Waals surface area contributed by atoms with Crippen LogP contribution in [0.25, 0.3) is 0 Å². The van der Waals surface area contributed by atoms with Crippen molar-refractivity contribution in [3.8, 4) is 11.5 Å². The van der Waals surface area contributed by atoms with Gasteiger partial charge in [0, 0.05) is 6.54 Å². The number of carbonyl (C=O) groups is 2. The molecule has 0 saturated carbocycles. The number of hydrogen-bond acceptors (Lipinski definition) is 4. The van der Waals surface area contributed by atoms with Gasteiger partial charge in [-0.05, 0) is 29.8 Å². The first-order chi connectivity index (χ1) is 12.0. The van der Waals surface area contributed by atoms with Crippen molar-refractivity contribution in [2.45, 2.75) is 6.54 Å².